The molecule has 3 heteroatoms. The number of nitrogens with two attached hydrogens (primary N) is 1. The minimum Gasteiger partial charge on any atom is -0.387 e. The molecular formula is C9H12FNO. The number of benzene rings is 1. The Balaban J connectivity index is 3.12. The second-order valence-corrected chi connectivity index (χ2v) is 2.72. The minimum absolute atomic E-state index is 0.0434. The van der Waals surface area contributed by atoms with E-state index in [-0.39, 0.29) is 6.54 Å². The molecule has 0 aliphatic heterocycles. The van der Waals surface area contributed by atoms with Gasteiger partial charge in [-0.05, 0) is 18.6 Å². The van der Waals surface area contributed by atoms with E-state index in [9.17, 15) is 9.50 Å². The Morgan fingerprint density at radius 2 is 2.25 bits per heavy atom. The van der Waals surface area contributed by atoms with Crippen molar-refractivity contribution in [3.8, 4) is 0 Å². The molecule has 1 aromatic rings. The molecule has 12 heavy (non-hydrogen) atoms. The molecule has 0 unspecified atom stereocenters. The highest BCUT2D eigenvalue weighted by atomic mass is 19.1. The number of aryl methyl sites for hydroxylation is 1. The Morgan fingerprint density at radius 3 is 2.75 bits per heavy atom. The fourth-order valence-corrected chi connectivity index (χ4v) is 1.18. The van der Waals surface area contributed by atoms with Crippen molar-refractivity contribution in [3.05, 3.63) is 35.1 Å². The quantitative estimate of drug-likeness (QED) is 0.697. The van der Waals surface area contributed by atoms with Crippen LogP contribution in [0.2, 0.25) is 0 Å². The third-order valence-electron chi connectivity index (χ3n) is 1.83. The summed E-state index contributed by atoms with van der Waals surface area (Å²) in [5.74, 6) is -0.395. The molecule has 1 atom stereocenters. The molecule has 0 aliphatic carbocycles. The molecule has 0 heterocycles. The first-order valence-corrected chi connectivity index (χ1v) is 3.80. The van der Waals surface area contributed by atoms with Crippen molar-refractivity contribution in [2.45, 2.75) is 13.0 Å². The van der Waals surface area contributed by atoms with Crippen LogP contribution in [0.5, 0.6) is 0 Å². The smallest absolute Gasteiger partial charge is 0.129 e. The predicted octanol–water partition coefficient (Wildman–Crippen LogP) is 1.13. The normalized spacial score (nSPS) is 13.0. The molecule has 1 rings (SSSR count). The minimum atomic E-state index is -0.897. The molecular weight excluding hydrogens is 157 g/mol. The topological polar surface area (TPSA) is 46.2 Å². The van der Waals surface area contributed by atoms with E-state index in [1.807, 2.05) is 0 Å². The Kier molecular flexibility index (Phi) is 2.78. The molecule has 0 spiro atoms. The van der Waals surface area contributed by atoms with Crippen molar-refractivity contribution >= 4 is 0 Å². The number of aliphatic hydroxyl groups is 1. The summed E-state index contributed by atoms with van der Waals surface area (Å²) in [6.45, 7) is 1.79. The molecule has 0 aromatic heterocycles. The largest absolute Gasteiger partial charge is 0.387 e. The summed E-state index contributed by atoms with van der Waals surface area (Å²) in [5.41, 5.74) is 6.26. The Bertz CT molecular complexity index is 255. The SMILES string of the molecule is Cc1cccc(F)c1[C@H](O)CN. The standard InChI is InChI=1S/C9H12FNO/c1-6-3-2-4-7(10)9(6)8(12)5-11/h2-4,8,12H,5,11H2,1H3/t8-/m1/s1. The summed E-state index contributed by atoms with van der Waals surface area (Å²) >= 11 is 0. The molecule has 0 aliphatic rings. The first-order valence-electron chi connectivity index (χ1n) is 3.80. The summed E-state index contributed by atoms with van der Waals surface area (Å²) in [5, 5.41) is 9.33. The van der Waals surface area contributed by atoms with Gasteiger partial charge in [-0.2, -0.15) is 0 Å². The highest BCUT2D eigenvalue weighted by molar-refractivity contribution is 5.29. The van der Waals surface area contributed by atoms with Crippen molar-refractivity contribution in [3.63, 3.8) is 0 Å². The van der Waals surface area contributed by atoms with Gasteiger partial charge in [0, 0.05) is 12.1 Å². The van der Waals surface area contributed by atoms with Gasteiger partial charge in [0.15, 0.2) is 0 Å². The maximum Gasteiger partial charge on any atom is 0.129 e. The van der Waals surface area contributed by atoms with E-state index in [1.165, 1.54) is 6.07 Å². The third kappa shape index (κ3) is 1.62. The average molecular weight is 169 g/mol. The van der Waals surface area contributed by atoms with Gasteiger partial charge in [-0.15, -0.1) is 0 Å². The number of rotatable bonds is 2. The predicted molar refractivity (Wildman–Crippen MR) is 45.2 cm³/mol. The monoisotopic (exact) mass is 169 g/mol. The van der Waals surface area contributed by atoms with Crippen LogP contribution in [0.25, 0.3) is 0 Å². The van der Waals surface area contributed by atoms with Crippen molar-refractivity contribution in [1.82, 2.24) is 0 Å². The van der Waals surface area contributed by atoms with E-state index < -0.39 is 11.9 Å². The van der Waals surface area contributed by atoms with Crippen molar-refractivity contribution < 1.29 is 9.50 Å². The van der Waals surface area contributed by atoms with E-state index in [4.69, 9.17) is 5.73 Å². The van der Waals surface area contributed by atoms with Crippen molar-refractivity contribution in [1.29, 1.82) is 0 Å². The molecule has 0 saturated carbocycles. The zero-order valence-electron chi connectivity index (χ0n) is 6.92. The fraction of sp³-hybridized carbons (Fsp3) is 0.333. The molecule has 0 amide bonds. The van der Waals surface area contributed by atoms with Gasteiger partial charge < -0.3 is 10.8 Å². The van der Waals surface area contributed by atoms with Crippen LogP contribution < -0.4 is 5.73 Å². The summed E-state index contributed by atoms with van der Waals surface area (Å²) in [6.07, 6.45) is -0.897. The van der Waals surface area contributed by atoms with Crippen LogP contribution in [0.15, 0.2) is 18.2 Å². The molecule has 2 nitrogen and oxygen atoms in total. The van der Waals surface area contributed by atoms with E-state index in [1.54, 1.807) is 19.1 Å². The van der Waals surface area contributed by atoms with Gasteiger partial charge in [-0.3, -0.25) is 0 Å². The number of hydrogen-bond donors (Lipinski definition) is 2. The third-order valence-corrected chi connectivity index (χ3v) is 1.83. The van der Waals surface area contributed by atoms with Crippen LogP contribution in [0, 0.1) is 12.7 Å². The van der Waals surface area contributed by atoms with Crippen LogP contribution >= 0.6 is 0 Å². The van der Waals surface area contributed by atoms with Gasteiger partial charge in [0.2, 0.25) is 0 Å². The summed E-state index contributed by atoms with van der Waals surface area (Å²) < 4.78 is 13.1. The molecule has 0 fully saturated rings. The van der Waals surface area contributed by atoms with Gasteiger partial charge in [-0.1, -0.05) is 12.1 Å². The first-order chi connectivity index (χ1) is 5.66. The lowest BCUT2D eigenvalue weighted by Gasteiger charge is -2.11. The van der Waals surface area contributed by atoms with E-state index in [0.717, 1.165) is 5.56 Å². The van der Waals surface area contributed by atoms with Gasteiger partial charge in [0.05, 0.1) is 6.10 Å². The highest BCUT2D eigenvalue weighted by Gasteiger charge is 2.12. The first kappa shape index (κ1) is 9.16. The van der Waals surface area contributed by atoms with Gasteiger partial charge in [0.1, 0.15) is 5.82 Å². The lowest BCUT2D eigenvalue weighted by atomic mass is 10.0. The maximum absolute atomic E-state index is 13.1. The Labute approximate surface area is 70.8 Å². The zero-order valence-corrected chi connectivity index (χ0v) is 6.92. The van der Waals surface area contributed by atoms with Crippen LogP contribution in [-0.4, -0.2) is 11.7 Å². The Hall–Kier alpha value is -0.930. The van der Waals surface area contributed by atoms with Crippen molar-refractivity contribution in [2.24, 2.45) is 5.73 Å². The van der Waals surface area contributed by atoms with E-state index in [0.29, 0.717) is 5.56 Å². The molecule has 66 valence electrons. The average Bonchev–Trinajstić information content (AvgIpc) is 2.03. The molecule has 1 aromatic carbocycles. The number of hydrogen-bond acceptors (Lipinski definition) is 2. The van der Waals surface area contributed by atoms with E-state index >= 15 is 0 Å². The maximum atomic E-state index is 13.1. The lowest BCUT2D eigenvalue weighted by molar-refractivity contribution is 0.181. The molecule has 0 radical (unpaired) electrons. The number of halogens is 1. The van der Waals surface area contributed by atoms with Gasteiger partial charge in [0.25, 0.3) is 0 Å². The fourth-order valence-electron chi connectivity index (χ4n) is 1.18. The molecule has 0 saturated heterocycles. The van der Waals surface area contributed by atoms with Gasteiger partial charge >= 0.3 is 0 Å². The lowest BCUT2D eigenvalue weighted by Crippen LogP contribution is -2.14. The number of aliphatic hydroxyl groups excluding tert-OH is 1. The molecule has 3 N–H and O–H groups in total. The highest BCUT2D eigenvalue weighted by Crippen LogP contribution is 2.19. The molecule has 0 bridgehead atoms. The second kappa shape index (κ2) is 3.65. The van der Waals surface area contributed by atoms with Crippen LogP contribution in [0.4, 0.5) is 4.39 Å². The van der Waals surface area contributed by atoms with Crippen molar-refractivity contribution in [2.75, 3.05) is 6.54 Å². The van der Waals surface area contributed by atoms with Crippen LogP contribution in [-0.2, 0) is 0 Å². The van der Waals surface area contributed by atoms with E-state index in [2.05, 4.69) is 0 Å². The summed E-state index contributed by atoms with van der Waals surface area (Å²) in [6, 6.07) is 4.68. The Morgan fingerprint density at radius 1 is 1.58 bits per heavy atom. The second-order valence-electron chi connectivity index (χ2n) is 2.72. The summed E-state index contributed by atoms with van der Waals surface area (Å²) in [7, 11) is 0. The van der Waals surface area contributed by atoms with Gasteiger partial charge in [-0.25, -0.2) is 4.39 Å². The summed E-state index contributed by atoms with van der Waals surface area (Å²) in [4.78, 5) is 0. The van der Waals surface area contributed by atoms with Crippen LogP contribution in [0.1, 0.15) is 17.2 Å². The zero-order chi connectivity index (χ0) is 9.14. The van der Waals surface area contributed by atoms with Crippen LogP contribution in [0.3, 0.4) is 0 Å².